The molecule has 0 saturated heterocycles. The van der Waals surface area contributed by atoms with Crippen LogP contribution in [0.2, 0.25) is 0 Å². The number of hydrogen-bond donors (Lipinski definition) is 2. The fraction of sp³-hybridized carbons (Fsp3) is 0.467. The van der Waals surface area contributed by atoms with Gasteiger partial charge in [-0.25, -0.2) is 0 Å². The number of amides is 2. The number of aryl methyl sites for hydroxylation is 1. The zero-order valence-electron chi connectivity index (χ0n) is 12.6. The van der Waals surface area contributed by atoms with E-state index >= 15 is 0 Å². The number of benzene rings is 1. The summed E-state index contributed by atoms with van der Waals surface area (Å²) < 4.78 is 0. The van der Waals surface area contributed by atoms with E-state index in [1.807, 2.05) is 19.9 Å². The number of hydrogen-bond acceptors (Lipinski definition) is 3. The molecule has 110 valence electrons. The molecule has 1 rings (SSSR count). The number of anilines is 1. The van der Waals surface area contributed by atoms with Gasteiger partial charge >= 0.3 is 0 Å². The second kappa shape index (κ2) is 7.05. The van der Waals surface area contributed by atoms with Crippen LogP contribution in [0.1, 0.15) is 35.7 Å². The minimum absolute atomic E-state index is 0.0987. The fourth-order valence-electron chi connectivity index (χ4n) is 1.82. The van der Waals surface area contributed by atoms with E-state index in [4.69, 9.17) is 5.73 Å². The van der Waals surface area contributed by atoms with Crippen LogP contribution in [-0.4, -0.2) is 36.9 Å². The average Bonchev–Trinajstić information content (AvgIpc) is 2.40. The van der Waals surface area contributed by atoms with E-state index in [-0.39, 0.29) is 11.8 Å². The summed E-state index contributed by atoms with van der Waals surface area (Å²) in [6, 6.07) is 4.73. The van der Waals surface area contributed by atoms with Gasteiger partial charge in [0.2, 0.25) is 5.91 Å². The molecule has 1 aromatic rings. The van der Waals surface area contributed by atoms with Gasteiger partial charge in [0.05, 0.1) is 6.04 Å². The number of nitrogens with two attached hydrogens (primary N) is 1. The van der Waals surface area contributed by atoms with E-state index in [1.54, 1.807) is 26.2 Å². The molecular formula is C15H23N3O2. The Kier molecular flexibility index (Phi) is 5.70. The highest BCUT2D eigenvalue weighted by atomic mass is 16.2. The molecule has 0 aliphatic heterocycles. The SMILES string of the molecule is CCC[C@H](N)C(=O)Nc1cc(C(=O)N(C)C)ccc1C. The van der Waals surface area contributed by atoms with Crippen molar-refractivity contribution in [2.45, 2.75) is 32.7 Å². The topological polar surface area (TPSA) is 75.4 Å². The molecule has 0 saturated carbocycles. The second-order valence-electron chi connectivity index (χ2n) is 5.11. The van der Waals surface area contributed by atoms with Crippen molar-refractivity contribution in [3.05, 3.63) is 29.3 Å². The Bertz CT molecular complexity index is 498. The van der Waals surface area contributed by atoms with Gasteiger partial charge in [0.1, 0.15) is 0 Å². The van der Waals surface area contributed by atoms with Crippen LogP contribution in [0.25, 0.3) is 0 Å². The van der Waals surface area contributed by atoms with Crippen LogP contribution in [0.4, 0.5) is 5.69 Å². The molecule has 5 nitrogen and oxygen atoms in total. The Morgan fingerprint density at radius 3 is 2.55 bits per heavy atom. The maximum atomic E-state index is 11.9. The third-order valence-electron chi connectivity index (χ3n) is 3.09. The minimum Gasteiger partial charge on any atom is -0.345 e. The van der Waals surface area contributed by atoms with Crippen molar-refractivity contribution in [1.29, 1.82) is 0 Å². The van der Waals surface area contributed by atoms with E-state index in [9.17, 15) is 9.59 Å². The Morgan fingerprint density at radius 1 is 1.35 bits per heavy atom. The zero-order valence-corrected chi connectivity index (χ0v) is 12.6. The van der Waals surface area contributed by atoms with E-state index in [0.29, 0.717) is 17.7 Å². The van der Waals surface area contributed by atoms with Crippen LogP contribution in [0.3, 0.4) is 0 Å². The summed E-state index contributed by atoms with van der Waals surface area (Å²) in [6.45, 7) is 3.86. The highest BCUT2D eigenvalue weighted by Gasteiger charge is 2.15. The first kappa shape index (κ1) is 16.2. The first-order chi connectivity index (χ1) is 9.36. The van der Waals surface area contributed by atoms with Gasteiger partial charge in [-0.15, -0.1) is 0 Å². The highest BCUT2D eigenvalue weighted by molar-refractivity contribution is 5.99. The first-order valence-electron chi connectivity index (χ1n) is 6.75. The number of rotatable bonds is 5. The number of nitrogens with one attached hydrogen (secondary N) is 1. The van der Waals surface area contributed by atoms with Gasteiger partial charge in [-0.05, 0) is 31.0 Å². The monoisotopic (exact) mass is 277 g/mol. The Balaban J connectivity index is 2.92. The lowest BCUT2D eigenvalue weighted by Gasteiger charge is -2.15. The number of carbonyl (C=O) groups is 2. The second-order valence-corrected chi connectivity index (χ2v) is 5.11. The van der Waals surface area contributed by atoms with Crippen molar-refractivity contribution < 1.29 is 9.59 Å². The third-order valence-corrected chi connectivity index (χ3v) is 3.09. The van der Waals surface area contributed by atoms with E-state index < -0.39 is 6.04 Å². The summed E-state index contributed by atoms with van der Waals surface area (Å²) in [4.78, 5) is 25.4. The smallest absolute Gasteiger partial charge is 0.253 e. The summed E-state index contributed by atoms with van der Waals surface area (Å²) in [5, 5.41) is 2.79. The van der Waals surface area contributed by atoms with Crippen LogP contribution < -0.4 is 11.1 Å². The molecule has 3 N–H and O–H groups in total. The van der Waals surface area contributed by atoms with Crippen molar-refractivity contribution >= 4 is 17.5 Å². The molecule has 1 atom stereocenters. The molecule has 0 spiro atoms. The van der Waals surface area contributed by atoms with Gasteiger partial charge in [0.15, 0.2) is 0 Å². The lowest BCUT2D eigenvalue weighted by molar-refractivity contribution is -0.117. The Morgan fingerprint density at radius 2 is 2.00 bits per heavy atom. The van der Waals surface area contributed by atoms with E-state index in [1.165, 1.54) is 4.90 Å². The van der Waals surface area contributed by atoms with Crippen LogP contribution in [0.5, 0.6) is 0 Å². The summed E-state index contributed by atoms with van der Waals surface area (Å²) in [5.74, 6) is -0.317. The molecule has 2 amide bonds. The molecule has 1 aromatic carbocycles. The predicted molar refractivity (Wildman–Crippen MR) is 80.7 cm³/mol. The molecule has 0 bridgehead atoms. The molecule has 0 heterocycles. The average molecular weight is 277 g/mol. The summed E-state index contributed by atoms with van der Waals surface area (Å²) in [6.07, 6.45) is 1.49. The van der Waals surface area contributed by atoms with E-state index in [0.717, 1.165) is 12.0 Å². The molecule has 0 unspecified atom stereocenters. The van der Waals surface area contributed by atoms with Crippen molar-refractivity contribution in [2.24, 2.45) is 5.73 Å². The number of carbonyl (C=O) groups excluding carboxylic acids is 2. The quantitative estimate of drug-likeness (QED) is 0.861. The third kappa shape index (κ3) is 4.06. The maximum Gasteiger partial charge on any atom is 0.253 e. The van der Waals surface area contributed by atoms with Gasteiger partial charge < -0.3 is 16.0 Å². The van der Waals surface area contributed by atoms with Gasteiger partial charge in [-0.2, -0.15) is 0 Å². The van der Waals surface area contributed by atoms with Gasteiger partial charge in [0.25, 0.3) is 5.91 Å². The summed E-state index contributed by atoms with van der Waals surface area (Å²) in [5.41, 5.74) is 7.86. The van der Waals surface area contributed by atoms with Crippen molar-refractivity contribution in [3.8, 4) is 0 Å². The normalized spacial score (nSPS) is 11.8. The molecule has 5 heteroatoms. The molecule has 20 heavy (non-hydrogen) atoms. The van der Waals surface area contributed by atoms with Crippen molar-refractivity contribution in [1.82, 2.24) is 4.90 Å². The van der Waals surface area contributed by atoms with Crippen molar-refractivity contribution in [3.63, 3.8) is 0 Å². The molecule has 0 radical (unpaired) electrons. The largest absolute Gasteiger partial charge is 0.345 e. The maximum absolute atomic E-state index is 11.9. The highest BCUT2D eigenvalue weighted by Crippen LogP contribution is 2.18. The fourth-order valence-corrected chi connectivity index (χ4v) is 1.82. The zero-order chi connectivity index (χ0) is 15.3. The molecule has 0 aromatic heterocycles. The van der Waals surface area contributed by atoms with E-state index in [2.05, 4.69) is 5.32 Å². The summed E-state index contributed by atoms with van der Waals surface area (Å²) in [7, 11) is 3.38. The van der Waals surface area contributed by atoms with Crippen LogP contribution in [0.15, 0.2) is 18.2 Å². The standard InChI is InChI=1S/C15H23N3O2/c1-5-6-12(16)14(19)17-13-9-11(8-7-10(13)2)15(20)18(3)4/h7-9,12H,5-6,16H2,1-4H3,(H,17,19)/t12-/m0/s1. The Labute approximate surface area is 120 Å². The van der Waals surface area contributed by atoms with Crippen LogP contribution in [0, 0.1) is 6.92 Å². The minimum atomic E-state index is -0.521. The van der Waals surface area contributed by atoms with Crippen molar-refractivity contribution in [2.75, 3.05) is 19.4 Å². The first-order valence-corrected chi connectivity index (χ1v) is 6.75. The molecule has 0 fully saturated rings. The lowest BCUT2D eigenvalue weighted by atomic mass is 10.1. The van der Waals surface area contributed by atoms with Gasteiger partial charge in [-0.1, -0.05) is 19.4 Å². The predicted octanol–water partition coefficient (Wildman–Crippen LogP) is 1.76. The lowest BCUT2D eigenvalue weighted by Crippen LogP contribution is -2.35. The van der Waals surface area contributed by atoms with Gasteiger partial charge in [-0.3, -0.25) is 9.59 Å². The van der Waals surface area contributed by atoms with Crippen LogP contribution >= 0.6 is 0 Å². The molecule has 0 aliphatic rings. The molecule has 0 aliphatic carbocycles. The van der Waals surface area contributed by atoms with Crippen LogP contribution in [-0.2, 0) is 4.79 Å². The van der Waals surface area contributed by atoms with Gasteiger partial charge in [0, 0.05) is 25.3 Å². The Hall–Kier alpha value is -1.88. The molecular weight excluding hydrogens is 254 g/mol. The number of nitrogens with zero attached hydrogens (tertiary/aromatic N) is 1. The summed E-state index contributed by atoms with van der Waals surface area (Å²) >= 11 is 0.